The Kier molecular flexibility index (Phi) is 7.81. The van der Waals surface area contributed by atoms with E-state index in [1.54, 1.807) is 0 Å². The first-order chi connectivity index (χ1) is 10.5. The zero-order valence-electron chi connectivity index (χ0n) is 13.8. The number of amides is 1. The van der Waals surface area contributed by atoms with Crippen LogP contribution in [0.1, 0.15) is 38.3 Å². The molecule has 1 aromatic carbocycles. The van der Waals surface area contributed by atoms with Gasteiger partial charge in [0, 0.05) is 11.6 Å². The Labute approximate surface area is 150 Å². The highest BCUT2D eigenvalue weighted by atomic mass is 35.5. The minimum Gasteiger partial charge on any atom is -0.348 e. The molecule has 1 aromatic rings. The minimum atomic E-state index is 0. The van der Waals surface area contributed by atoms with Gasteiger partial charge in [-0.05, 0) is 49.0 Å². The van der Waals surface area contributed by atoms with E-state index >= 15 is 0 Å². The first-order valence-electron chi connectivity index (χ1n) is 7.93. The molecule has 130 valence electrons. The third-order valence-electron chi connectivity index (χ3n) is 4.51. The summed E-state index contributed by atoms with van der Waals surface area (Å²) in [4.78, 5) is 14.5. The molecular formula is C17H27Cl2N3O. The number of nitrogens with zero attached hydrogens (tertiary/aromatic N) is 1. The van der Waals surface area contributed by atoms with Crippen LogP contribution in [0.5, 0.6) is 0 Å². The third kappa shape index (κ3) is 5.64. The lowest BCUT2D eigenvalue weighted by Gasteiger charge is -2.23. The van der Waals surface area contributed by atoms with Gasteiger partial charge in [-0.25, -0.2) is 0 Å². The summed E-state index contributed by atoms with van der Waals surface area (Å²) in [5, 5.41) is 3.83. The van der Waals surface area contributed by atoms with Crippen LogP contribution in [0.2, 0.25) is 5.02 Å². The van der Waals surface area contributed by atoms with Crippen LogP contribution in [-0.2, 0) is 4.79 Å². The maximum absolute atomic E-state index is 12.3. The van der Waals surface area contributed by atoms with Crippen molar-refractivity contribution < 1.29 is 4.79 Å². The van der Waals surface area contributed by atoms with Gasteiger partial charge in [-0.3, -0.25) is 9.69 Å². The highest BCUT2D eigenvalue weighted by Crippen LogP contribution is 2.28. The van der Waals surface area contributed by atoms with Gasteiger partial charge in [-0.2, -0.15) is 0 Å². The third-order valence-corrected chi connectivity index (χ3v) is 4.76. The fraction of sp³-hybridized carbons (Fsp3) is 0.588. The lowest BCUT2D eigenvalue weighted by molar-refractivity contribution is -0.122. The molecular weight excluding hydrogens is 333 g/mol. The molecule has 0 radical (unpaired) electrons. The number of hydrogen-bond acceptors (Lipinski definition) is 3. The van der Waals surface area contributed by atoms with Crippen LogP contribution < -0.4 is 11.1 Å². The summed E-state index contributed by atoms with van der Waals surface area (Å²) in [5.74, 6) is 0.0723. The van der Waals surface area contributed by atoms with Crippen LogP contribution in [0, 0.1) is 5.41 Å². The van der Waals surface area contributed by atoms with E-state index < -0.39 is 0 Å². The summed E-state index contributed by atoms with van der Waals surface area (Å²) >= 11 is 5.91. The van der Waals surface area contributed by atoms with Crippen LogP contribution in [0.4, 0.5) is 0 Å². The first-order valence-corrected chi connectivity index (χ1v) is 8.31. The second kappa shape index (κ2) is 8.88. The van der Waals surface area contributed by atoms with E-state index in [-0.39, 0.29) is 29.8 Å². The van der Waals surface area contributed by atoms with Crippen molar-refractivity contribution in [1.29, 1.82) is 0 Å². The average Bonchev–Trinajstić information content (AvgIpc) is 2.87. The van der Waals surface area contributed by atoms with Gasteiger partial charge in [-0.1, -0.05) is 37.6 Å². The molecule has 1 aliphatic rings. The summed E-state index contributed by atoms with van der Waals surface area (Å²) in [6.45, 7) is 7.22. The van der Waals surface area contributed by atoms with Crippen LogP contribution in [0.3, 0.4) is 0 Å². The lowest BCUT2D eigenvalue weighted by atomic mass is 9.90. The number of halogens is 2. The molecule has 0 saturated carbocycles. The highest BCUT2D eigenvalue weighted by molar-refractivity contribution is 6.30. The van der Waals surface area contributed by atoms with Gasteiger partial charge >= 0.3 is 0 Å². The van der Waals surface area contributed by atoms with E-state index in [0.29, 0.717) is 18.1 Å². The standard InChI is InChI=1S/C17H26ClN3O.ClH/c1-3-15(13-4-6-14(18)7-5-13)20-16(22)10-21-9-8-17(2,11-19)12-21;/h4-7,15H,3,8-12,19H2,1-2H3,(H,20,22);1H. The molecule has 0 spiro atoms. The van der Waals surface area contributed by atoms with Gasteiger partial charge in [0.15, 0.2) is 0 Å². The summed E-state index contributed by atoms with van der Waals surface area (Å²) < 4.78 is 0. The van der Waals surface area contributed by atoms with Crippen molar-refractivity contribution in [2.45, 2.75) is 32.7 Å². The number of rotatable bonds is 6. The van der Waals surface area contributed by atoms with Crippen molar-refractivity contribution in [3.05, 3.63) is 34.9 Å². The molecule has 4 nitrogen and oxygen atoms in total. The van der Waals surface area contributed by atoms with Crippen LogP contribution in [-0.4, -0.2) is 37.0 Å². The predicted octanol–water partition coefficient (Wildman–Crippen LogP) is 3.00. The summed E-state index contributed by atoms with van der Waals surface area (Å²) in [6.07, 6.45) is 1.92. The van der Waals surface area contributed by atoms with Crippen LogP contribution >= 0.6 is 24.0 Å². The molecule has 0 aromatic heterocycles. The SMILES string of the molecule is CCC(NC(=O)CN1CCC(C)(CN)C1)c1ccc(Cl)cc1.Cl. The smallest absolute Gasteiger partial charge is 0.234 e. The Morgan fingerprint density at radius 2 is 2.09 bits per heavy atom. The van der Waals surface area contributed by atoms with E-state index in [1.165, 1.54) is 0 Å². The van der Waals surface area contributed by atoms with Crippen molar-refractivity contribution in [2.24, 2.45) is 11.1 Å². The summed E-state index contributed by atoms with van der Waals surface area (Å²) in [7, 11) is 0. The monoisotopic (exact) mass is 359 g/mol. The second-order valence-corrected chi connectivity index (χ2v) is 6.99. The molecule has 3 N–H and O–H groups in total. The van der Waals surface area contributed by atoms with E-state index in [1.807, 2.05) is 24.3 Å². The van der Waals surface area contributed by atoms with Crippen molar-refractivity contribution in [2.75, 3.05) is 26.2 Å². The molecule has 2 unspecified atom stereocenters. The predicted molar refractivity (Wildman–Crippen MR) is 98.1 cm³/mol. The van der Waals surface area contributed by atoms with Crippen molar-refractivity contribution in [3.8, 4) is 0 Å². The molecule has 1 saturated heterocycles. The fourth-order valence-electron chi connectivity index (χ4n) is 2.99. The zero-order chi connectivity index (χ0) is 16.2. The van der Waals surface area contributed by atoms with Gasteiger partial charge in [0.05, 0.1) is 12.6 Å². The van der Waals surface area contributed by atoms with Gasteiger partial charge in [-0.15, -0.1) is 12.4 Å². The molecule has 1 amide bonds. The number of benzene rings is 1. The molecule has 0 bridgehead atoms. The Morgan fingerprint density at radius 3 is 2.61 bits per heavy atom. The number of nitrogens with one attached hydrogen (secondary N) is 1. The van der Waals surface area contributed by atoms with Crippen molar-refractivity contribution in [1.82, 2.24) is 10.2 Å². The summed E-state index contributed by atoms with van der Waals surface area (Å²) in [5.41, 5.74) is 7.06. The van der Waals surface area contributed by atoms with E-state index in [9.17, 15) is 4.79 Å². The van der Waals surface area contributed by atoms with Crippen molar-refractivity contribution in [3.63, 3.8) is 0 Å². The van der Waals surface area contributed by atoms with Gasteiger partial charge in [0.1, 0.15) is 0 Å². The molecule has 2 atom stereocenters. The van der Waals surface area contributed by atoms with Gasteiger partial charge < -0.3 is 11.1 Å². The minimum absolute atomic E-state index is 0. The van der Waals surface area contributed by atoms with Crippen molar-refractivity contribution >= 4 is 29.9 Å². The number of carbonyl (C=O) groups is 1. The highest BCUT2D eigenvalue weighted by Gasteiger charge is 2.33. The number of carbonyl (C=O) groups excluding carboxylic acids is 1. The second-order valence-electron chi connectivity index (χ2n) is 6.56. The van der Waals surface area contributed by atoms with Crippen LogP contribution in [0.25, 0.3) is 0 Å². The van der Waals surface area contributed by atoms with Gasteiger partial charge in [0.25, 0.3) is 0 Å². The normalized spacial score (nSPS) is 22.4. The molecule has 1 heterocycles. The maximum atomic E-state index is 12.3. The fourth-order valence-corrected chi connectivity index (χ4v) is 3.11. The number of likely N-dealkylation sites (tertiary alicyclic amines) is 1. The topological polar surface area (TPSA) is 58.4 Å². The number of hydrogen-bond donors (Lipinski definition) is 2. The van der Waals surface area contributed by atoms with E-state index in [4.69, 9.17) is 17.3 Å². The Morgan fingerprint density at radius 1 is 1.43 bits per heavy atom. The van der Waals surface area contributed by atoms with E-state index in [0.717, 1.165) is 31.5 Å². The Balaban J connectivity index is 0.00000264. The van der Waals surface area contributed by atoms with Gasteiger partial charge in [0.2, 0.25) is 5.91 Å². The lowest BCUT2D eigenvalue weighted by Crippen LogP contribution is -2.39. The average molecular weight is 360 g/mol. The zero-order valence-corrected chi connectivity index (χ0v) is 15.4. The first kappa shape index (κ1) is 20.2. The van der Waals surface area contributed by atoms with Crippen LogP contribution in [0.15, 0.2) is 24.3 Å². The molecule has 6 heteroatoms. The number of nitrogens with two attached hydrogens (primary N) is 1. The Hall–Kier alpha value is -0.810. The maximum Gasteiger partial charge on any atom is 0.234 e. The molecule has 2 rings (SSSR count). The van der Waals surface area contributed by atoms with E-state index in [2.05, 4.69) is 24.1 Å². The summed E-state index contributed by atoms with van der Waals surface area (Å²) in [6, 6.07) is 7.70. The Bertz CT molecular complexity index is 509. The quantitative estimate of drug-likeness (QED) is 0.820. The molecule has 23 heavy (non-hydrogen) atoms. The molecule has 1 aliphatic heterocycles. The molecule has 1 fully saturated rings. The largest absolute Gasteiger partial charge is 0.348 e. The molecule has 0 aliphatic carbocycles.